The lowest BCUT2D eigenvalue weighted by molar-refractivity contribution is -0.138. The Hall–Kier alpha value is -0.900. The molecule has 0 fully saturated rings. The van der Waals surface area contributed by atoms with Crippen LogP contribution in [0.15, 0.2) is 0 Å². The van der Waals surface area contributed by atoms with Gasteiger partial charge in [0.1, 0.15) is 5.78 Å². The summed E-state index contributed by atoms with van der Waals surface area (Å²) < 4.78 is 0. The zero-order valence-corrected chi connectivity index (χ0v) is 4.96. The van der Waals surface area contributed by atoms with Gasteiger partial charge in [0.15, 0.2) is 0 Å². The smallest absolute Gasteiger partial charge is 0.303 e. The van der Waals surface area contributed by atoms with Crippen LogP contribution >= 0.6 is 0 Å². The number of carboxylic acid groups (broad SMARTS) is 1. The minimum Gasteiger partial charge on any atom is -0.481 e. The molecule has 0 radical (unpaired) electrons. The first-order valence-corrected chi connectivity index (χ1v) is 2.60. The van der Waals surface area contributed by atoms with E-state index < -0.39 is 5.97 Å². The van der Waals surface area contributed by atoms with Crippen molar-refractivity contribution in [2.75, 3.05) is 6.54 Å². The van der Waals surface area contributed by atoms with Gasteiger partial charge in [-0.25, -0.2) is 0 Å². The molecule has 0 unspecified atom stereocenters. The second-order valence-corrected chi connectivity index (χ2v) is 1.64. The van der Waals surface area contributed by atoms with Crippen molar-refractivity contribution in [2.45, 2.75) is 12.8 Å². The van der Waals surface area contributed by atoms with E-state index >= 15 is 0 Å². The average Bonchev–Trinajstić information content (AvgIpc) is 1.83. The Balaban J connectivity index is 3.28. The number of rotatable bonds is 4. The van der Waals surface area contributed by atoms with Crippen molar-refractivity contribution < 1.29 is 14.7 Å². The Bertz CT molecular complexity index is 121. The largest absolute Gasteiger partial charge is 0.481 e. The highest BCUT2D eigenvalue weighted by Crippen LogP contribution is 1.87. The third kappa shape index (κ3) is 4.96. The van der Waals surface area contributed by atoms with Crippen LogP contribution in [0.25, 0.3) is 0 Å². The highest BCUT2D eigenvalue weighted by atomic mass is 16.4. The van der Waals surface area contributed by atoms with E-state index in [9.17, 15) is 9.59 Å². The van der Waals surface area contributed by atoms with Crippen molar-refractivity contribution >= 4 is 11.8 Å². The topological polar surface area (TPSA) is 80.4 Å². The minimum absolute atomic E-state index is 0.0475. The zero-order valence-electron chi connectivity index (χ0n) is 4.96. The SMILES string of the molecule is N[13CH2]C(=O)CCC(=O)O. The van der Waals surface area contributed by atoms with E-state index in [1.165, 1.54) is 0 Å². The van der Waals surface area contributed by atoms with E-state index in [-0.39, 0.29) is 25.2 Å². The summed E-state index contributed by atoms with van der Waals surface area (Å²) in [5, 5.41) is 8.06. The third-order valence-corrected chi connectivity index (χ3v) is 0.845. The van der Waals surface area contributed by atoms with Crippen LogP contribution in [-0.4, -0.2) is 23.4 Å². The molecule has 0 aromatic rings. The quantitative estimate of drug-likeness (QED) is 0.499. The lowest BCUT2D eigenvalue weighted by atomic mass is 10.3. The van der Waals surface area contributed by atoms with Gasteiger partial charge >= 0.3 is 5.97 Å². The zero-order chi connectivity index (χ0) is 7.28. The fourth-order valence-corrected chi connectivity index (χ4v) is 0.348. The number of carbonyl (C=O) groups excluding carboxylic acids is 1. The molecule has 0 atom stereocenters. The number of hydrogen-bond acceptors (Lipinski definition) is 3. The van der Waals surface area contributed by atoms with Crippen LogP contribution in [0, 0.1) is 0 Å². The number of ketones is 1. The molecule has 0 aliphatic carbocycles. The fraction of sp³-hybridized carbons (Fsp3) is 0.600. The van der Waals surface area contributed by atoms with E-state index in [0.717, 1.165) is 0 Å². The van der Waals surface area contributed by atoms with E-state index in [1.54, 1.807) is 0 Å². The number of nitrogens with two attached hydrogens (primary N) is 1. The van der Waals surface area contributed by atoms with Crippen LogP contribution in [0.2, 0.25) is 0 Å². The van der Waals surface area contributed by atoms with Crippen LogP contribution in [0.4, 0.5) is 0 Å². The van der Waals surface area contributed by atoms with Crippen molar-refractivity contribution in [1.82, 2.24) is 0 Å². The van der Waals surface area contributed by atoms with Gasteiger partial charge in [-0.05, 0) is 0 Å². The Morgan fingerprint density at radius 1 is 1.33 bits per heavy atom. The summed E-state index contributed by atoms with van der Waals surface area (Å²) in [5.41, 5.74) is 4.92. The van der Waals surface area contributed by atoms with Gasteiger partial charge in [0.2, 0.25) is 0 Å². The Morgan fingerprint density at radius 3 is 2.22 bits per heavy atom. The van der Waals surface area contributed by atoms with Crippen molar-refractivity contribution in [3.05, 3.63) is 0 Å². The molecular weight excluding hydrogens is 123 g/mol. The van der Waals surface area contributed by atoms with Crippen LogP contribution < -0.4 is 5.73 Å². The molecule has 0 aromatic carbocycles. The van der Waals surface area contributed by atoms with Crippen LogP contribution in [0.5, 0.6) is 0 Å². The molecule has 4 nitrogen and oxygen atoms in total. The molecule has 4 heteroatoms. The van der Waals surface area contributed by atoms with Crippen molar-refractivity contribution in [1.29, 1.82) is 0 Å². The molecule has 0 spiro atoms. The molecular formula is C5H9NO3. The highest BCUT2D eigenvalue weighted by Gasteiger charge is 2.01. The van der Waals surface area contributed by atoms with Gasteiger partial charge in [0, 0.05) is 6.42 Å². The van der Waals surface area contributed by atoms with Crippen molar-refractivity contribution in [3.63, 3.8) is 0 Å². The lowest BCUT2D eigenvalue weighted by Crippen LogP contribution is -2.14. The Kier molecular flexibility index (Phi) is 3.62. The number of Topliss-reactive ketones (excluding diaryl/α,β-unsaturated/α-hetero) is 1. The van der Waals surface area contributed by atoms with Gasteiger partial charge in [-0.1, -0.05) is 0 Å². The normalized spacial score (nSPS) is 9.00. The van der Waals surface area contributed by atoms with Crippen molar-refractivity contribution in [3.8, 4) is 0 Å². The number of aliphatic carboxylic acids is 1. The molecule has 0 aliphatic heterocycles. The van der Waals surface area contributed by atoms with Gasteiger partial charge in [-0.2, -0.15) is 0 Å². The van der Waals surface area contributed by atoms with Gasteiger partial charge in [-0.15, -0.1) is 0 Å². The van der Waals surface area contributed by atoms with E-state index in [2.05, 4.69) is 0 Å². The summed E-state index contributed by atoms with van der Waals surface area (Å²) in [5.74, 6) is -1.17. The number of hydrogen-bond donors (Lipinski definition) is 2. The summed E-state index contributed by atoms with van der Waals surface area (Å²) in [7, 11) is 0. The van der Waals surface area contributed by atoms with Crippen molar-refractivity contribution in [2.24, 2.45) is 5.73 Å². The second-order valence-electron chi connectivity index (χ2n) is 1.64. The van der Waals surface area contributed by atoms with Crippen LogP contribution in [0.3, 0.4) is 0 Å². The predicted octanol–water partition coefficient (Wildman–Crippen LogP) is -0.621. The molecule has 9 heavy (non-hydrogen) atoms. The first-order valence-electron chi connectivity index (χ1n) is 2.60. The van der Waals surface area contributed by atoms with E-state index in [0.29, 0.717) is 0 Å². The van der Waals surface area contributed by atoms with Crippen LogP contribution in [0.1, 0.15) is 12.8 Å². The third-order valence-electron chi connectivity index (χ3n) is 0.845. The molecule has 0 bridgehead atoms. The summed E-state index contributed by atoms with van der Waals surface area (Å²) in [4.78, 5) is 20.2. The Morgan fingerprint density at radius 2 is 1.89 bits per heavy atom. The molecule has 0 rings (SSSR count). The maximum Gasteiger partial charge on any atom is 0.303 e. The summed E-state index contributed by atoms with van der Waals surface area (Å²) >= 11 is 0. The van der Waals surface area contributed by atoms with Gasteiger partial charge in [0.25, 0.3) is 0 Å². The number of carboxylic acids is 1. The maximum atomic E-state index is 10.3. The lowest BCUT2D eigenvalue weighted by Gasteiger charge is -1.90. The fourth-order valence-electron chi connectivity index (χ4n) is 0.348. The van der Waals surface area contributed by atoms with E-state index in [1.807, 2.05) is 0 Å². The molecule has 0 saturated carbocycles. The molecule has 0 heterocycles. The first kappa shape index (κ1) is 8.10. The monoisotopic (exact) mass is 132 g/mol. The highest BCUT2D eigenvalue weighted by molar-refractivity contribution is 5.83. The summed E-state index contributed by atoms with van der Waals surface area (Å²) in [6.07, 6.45) is -0.0676. The molecule has 3 N–H and O–H groups in total. The summed E-state index contributed by atoms with van der Waals surface area (Å²) in [6.45, 7) is -0.0622. The Labute approximate surface area is 52.7 Å². The van der Waals surface area contributed by atoms with E-state index in [4.69, 9.17) is 10.8 Å². The van der Waals surface area contributed by atoms with Gasteiger partial charge in [0.05, 0.1) is 13.0 Å². The van der Waals surface area contributed by atoms with Gasteiger partial charge < -0.3 is 10.8 Å². The van der Waals surface area contributed by atoms with Gasteiger partial charge in [-0.3, -0.25) is 9.59 Å². The first-order chi connectivity index (χ1) is 4.16. The molecule has 0 saturated heterocycles. The average molecular weight is 132 g/mol. The van der Waals surface area contributed by atoms with Crippen LogP contribution in [-0.2, 0) is 9.59 Å². The molecule has 0 aliphatic rings. The standard InChI is InChI=1S/C5H9NO3/c6-3-4(7)1-2-5(8)9/h1-3,6H2,(H,8,9)/i3+1. The minimum atomic E-state index is -0.961. The maximum absolute atomic E-state index is 10.3. The molecule has 0 amide bonds. The predicted molar refractivity (Wildman–Crippen MR) is 30.9 cm³/mol. The summed E-state index contributed by atoms with van der Waals surface area (Å²) in [6, 6.07) is 0. The molecule has 52 valence electrons. The number of carbonyl (C=O) groups is 2. The molecule has 0 aromatic heterocycles. The second kappa shape index (κ2) is 4.03.